The van der Waals surface area contributed by atoms with Gasteiger partial charge >= 0.3 is 0 Å². The van der Waals surface area contributed by atoms with Crippen LogP contribution >= 0.6 is 0 Å². The molecule has 1 saturated carbocycles. The third-order valence-corrected chi connectivity index (χ3v) is 6.34. The fourth-order valence-corrected chi connectivity index (χ4v) is 4.77. The topological polar surface area (TPSA) is 77.5 Å². The zero-order chi connectivity index (χ0) is 20.7. The number of hydrogen-bond acceptors (Lipinski definition) is 6. The molecule has 4 atom stereocenters. The van der Waals surface area contributed by atoms with Crippen LogP contribution < -0.4 is 18.9 Å². The van der Waals surface area contributed by atoms with Crippen molar-refractivity contribution in [3.8, 4) is 23.0 Å². The second kappa shape index (κ2) is 7.72. The van der Waals surface area contributed by atoms with Crippen molar-refractivity contribution in [1.29, 1.82) is 0 Å². The van der Waals surface area contributed by atoms with Gasteiger partial charge in [0.15, 0.2) is 23.0 Å². The minimum Gasteiger partial charge on any atom is -0.493 e. The van der Waals surface area contributed by atoms with Crippen molar-refractivity contribution < 1.29 is 28.8 Å². The van der Waals surface area contributed by atoms with Crippen molar-refractivity contribution in [2.75, 3.05) is 27.0 Å². The van der Waals surface area contributed by atoms with E-state index in [0.717, 1.165) is 0 Å². The van der Waals surface area contributed by atoms with Gasteiger partial charge in [-0.15, -0.1) is 0 Å². The van der Waals surface area contributed by atoms with Gasteiger partial charge in [-0.05, 0) is 55.0 Å². The molecular formula is C23H25NO6. The molecule has 1 saturated heterocycles. The third kappa shape index (κ3) is 3.43. The number of rotatable bonds is 4. The van der Waals surface area contributed by atoms with Gasteiger partial charge in [0.2, 0.25) is 6.79 Å². The van der Waals surface area contributed by atoms with Crippen molar-refractivity contribution in [3.05, 3.63) is 48.0 Å². The summed E-state index contributed by atoms with van der Waals surface area (Å²) in [5.74, 6) is 3.12. The molecule has 0 aromatic heterocycles. The molecule has 1 N–H and O–H groups in total. The Bertz CT molecular complexity index is 947. The number of amides is 1. The Morgan fingerprint density at radius 3 is 2.57 bits per heavy atom. The molecule has 2 aromatic carbocycles. The Kier molecular flexibility index (Phi) is 4.90. The minimum absolute atomic E-state index is 0.0145. The van der Waals surface area contributed by atoms with Gasteiger partial charge in [-0.25, -0.2) is 0 Å². The zero-order valence-corrected chi connectivity index (χ0v) is 16.8. The van der Waals surface area contributed by atoms with Crippen LogP contribution in [-0.2, 0) is 0 Å². The number of carbonyl (C=O) groups excluding carboxylic acids is 1. The molecule has 0 unspecified atom stereocenters. The Balaban J connectivity index is 1.27. The molecule has 0 spiro atoms. The molecule has 30 heavy (non-hydrogen) atoms. The van der Waals surface area contributed by atoms with Crippen LogP contribution in [0.25, 0.3) is 0 Å². The number of fused-ring (bicyclic) bond motifs is 2. The van der Waals surface area contributed by atoms with Crippen LogP contribution in [0.15, 0.2) is 42.5 Å². The number of para-hydroxylation sites is 2. The Hall–Kier alpha value is -2.93. The van der Waals surface area contributed by atoms with E-state index in [1.165, 1.54) is 0 Å². The van der Waals surface area contributed by atoms with Crippen molar-refractivity contribution in [2.45, 2.75) is 25.0 Å². The van der Waals surface area contributed by atoms with E-state index >= 15 is 0 Å². The number of likely N-dealkylation sites (tertiary alicyclic amines) is 1. The first kappa shape index (κ1) is 19.1. The number of aliphatic hydroxyl groups excluding tert-OH is 1. The first-order valence-electron chi connectivity index (χ1n) is 10.3. The summed E-state index contributed by atoms with van der Waals surface area (Å²) in [7, 11) is 1.60. The van der Waals surface area contributed by atoms with E-state index in [9.17, 15) is 9.90 Å². The average molecular weight is 411 g/mol. The first-order chi connectivity index (χ1) is 14.6. The van der Waals surface area contributed by atoms with Gasteiger partial charge < -0.3 is 29.0 Å². The maximum absolute atomic E-state index is 13.0. The molecule has 1 aliphatic carbocycles. The van der Waals surface area contributed by atoms with Crippen LogP contribution in [0.2, 0.25) is 0 Å². The predicted octanol–water partition coefficient (Wildman–Crippen LogP) is 2.71. The van der Waals surface area contributed by atoms with E-state index in [0.29, 0.717) is 60.4 Å². The summed E-state index contributed by atoms with van der Waals surface area (Å²) in [6.45, 7) is 1.50. The van der Waals surface area contributed by atoms with E-state index < -0.39 is 6.10 Å². The van der Waals surface area contributed by atoms with Crippen LogP contribution in [0.3, 0.4) is 0 Å². The maximum Gasteiger partial charge on any atom is 0.254 e. The molecule has 7 nitrogen and oxygen atoms in total. The Morgan fingerprint density at radius 2 is 1.77 bits per heavy atom. The van der Waals surface area contributed by atoms with Gasteiger partial charge in [-0.1, -0.05) is 12.1 Å². The van der Waals surface area contributed by atoms with Gasteiger partial charge in [0, 0.05) is 18.7 Å². The summed E-state index contributed by atoms with van der Waals surface area (Å²) >= 11 is 0. The van der Waals surface area contributed by atoms with Crippen LogP contribution in [0, 0.1) is 11.8 Å². The van der Waals surface area contributed by atoms with Crippen LogP contribution in [0.4, 0.5) is 0 Å². The SMILES string of the molecule is COc1ccccc1O[C@@H]1C[C@@H]2CN(C(=O)c3ccc4c(c3)OCO4)C[C@@H]2C[C@H]1O. The lowest BCUT2D eigenvalue weighted by Crippen LogP contribution is -2.42. The van der Waals surface area contributed by atoms with Gasteiger partial charge in [0.1, 0.15) is 6.10 Å². The largest absolute Gasteiger partial charge is 0.493 e. The fourth-order valence-electron chi connectivity index (χ4n) is 4.77. The first-order valence-corrected chi connectivity index (χ1v) is 10.3. The molecule has 0 radical (unpaired) electrons. The predicted molar refractivity (Wildman–Crippen MR) is 108 cm³/mol. The summed E-state index contributed by atoms with van der Waals surface area (Å²) in [5, 5.41) is 10.7. The zero-order valence-electron chi connectivity index (χ0n) is 16.8. The van der Waals surface area contributed by atoms with Crippen LogP contribution in [0.5, 0.6) is 23.0 Å². The third-order valence-electron chi connectivity index (χ3n) is 6.34. The molecule has 0 bridgehead atoms. The summed E-state index contributed by atoms with van der Waals surface area (Å²) in [6.07, 6.45) is 0.435. The molecule has 2 aliphatic heterocycles. The van der Waals surface area contributed by atoms with Crippen LogP contribution in [-0.4, -0.2) is 55.1 Å². The van der Waals surface area contributed by atoms with E-state index in [2.05, 4.69) is 0 Å². The number of aliphatic hydroxyl groups is 1. The lowest BCUT2D eigenvalue weighted by molar-refractivity contribution is -0.0240. The molecule has 2 fully saturated rings. The number of nitrogens with zero attached hydrogens (tertiary/aromatic N) is 1. The molecule has 7 heteroatoms. The molecule has 3 aliphatic rings. The van der Waals surface area contributed by atoms with E-state index in [1.54, 1.807) is 25.3 Å². The number of ether oxygens (including phenoxy) is 4. The highest BCUT2D eigenvalue weighted by Gasteiger charge is 2.44. The molecule has 2 aromatic rings. The summed E-state index contributed by atoms with van der Waals surface area (Å²) in [5.41, 5.74) is 0.597. The summed E-state index contributed by atoms with van der Waals surface area (Å²) in [6, 6.07) is 12.8. The highest BCUT2D eigenvalue weighted by Crippen LogP contribution is 2.40. The maximum atomic E-state index is 13.0. The standard InChI is InChI=1S/C23H25NO6/c1-27-18-4-2-3-5-20(18)30-21-10-16-12-24(11-15(16)8-17(21)25)23(26)14-6-7-19-22(9-14)29-13-28-19/h2-7,9,15-17,21,25H,8,10-13H2,1H3/t15-,16+,17+,21+/m0/s1. The quantitative estimate of drug-likeness (QED) is 0.834. The van der Waals surface area contributed by atoms with Crippen molar-refractivity contribution in [1.82, 2.24) is 4.90 Å². The van der Waals surface area contributed by atoms with Crippen molar-refractivity contribution in [3.63, 3.8) is 0 Å². The lowest BCUT2D eigenvalue weighted by Gasteiger charge is -2.35. The number of methoxy groups -OCH3 is 1. The number of benzene rings is 2. The Labute approximate surface area is 175 Å². The Morgan fingerprint density at radius 1 is 1.03 bits per heavy atom. The van der Waals surface area contributed by atoms with Crippen LogP contribution in [0.1, 0.15) is 23.2 Å². The molecule has 2 heterocycles. The lowest BCUT2D eigenvalue weighted by atomic mass is 9.78. The van der Waals surface area contributed by atoms with Gasteiger partial charge in [-0.3, -0.25) is 4.79 Å². The van der Waals surface area contributed by atoms with Crippen molar-refractivity contribution in [2.24, 2.45) is 11.8 Å². The second-order valence-corrected chi connectivity index (χ2v) is 8.14. The van der Waals surface area contributed by atoms with E-state index in [4.69, 9.17) is 18.9 Å². The normalized spacial score (nSPS) is 26.9. The average Bonchev–Trinajstić information content (AvgIpc) is 3.39. The number of carbonyl (C=O) groups is 1. The van der Waals surface area contributed by atoms with Gasteiger partial charge in [-0.2, -0.15) is 0 Å². The van der Waals surface area contributed by atoms with E-state index in [-0.39, 0.29) is 24.7 Å². The fraction of sp³-hybridized carbons (Fsp3) is 0.435. The molecule has 1 amide bonds. The monoisotopic (exact) mass is 411 g/mol. The molecule has 5 rings (SSSR count). The highest BCUT2D eigenvalue weighted by atomic mass is 16.7. The van der Waals surface area contributed by atoms with E-state index in [1.807, 2.05) is 29.2 Å². The minimum atomic E-state index is -0.572. The summed E-state index contributed by atoms with van der Waals surface area (Å²) in [4.78, 5) is 14.9. The smallest absolute Gasteiger partial charge is 0.254 e. The highest BCUT2D eigenvalue weighted by molar-refractivity contribution is 5.95. The molecule has 158 valence electrons. The summed E-state index contributed by atoms with van der Waals surface area (Å²) < 4.78 is 22.2. The van der Waals surface area contributed by atoms with Gasteiger partial charge in [0.25, 0.3) is 5.91 Å². The van der Waals surface area contributed by atoms with Gasteiger partial charge in [0.05, 0.1) is 13.2 Å². The molecular weight excluding hydrogens is 386 g/mol. The van der Waals surface area contributed by atoms with Crippen molar-refractivity contribution >= 4 is 5.91 Å². The number of hydrogen-bond donors (Lipinski definition) is 1. The second-order valence-electron chi connectivity index (χ2n) is 8.14.